The standard InChI is InChI=1S/C28H22ClN3O3S/c1-17-24(26(33)31-21-6-4-3-5-7-21)25(19-10-14-22(35-2)15-11-19)32-27(34)23(36-28(32)30-17)16-18-8-12-20(29)13-9-18/h3-16,25H,1-2H3,(H,31,33)/b23-16+/t25-/m0/s1. The summed E-state index contributed by atoms with van der Waals surface area (Å²) in [7, 11) is 1.59. The largest absolute Gasteiger partial charge is 0.497 e. The Morgan fingerprint density at radius 2 is 1.75 bits per heavy atom. The number of amides is 1. The van der Waals surface area contributed by atoms with E-state index in [1.807, 2.05) is 72.8 Å². The first-order valence-corrected chi connectivity index (χ1v) is 12.4. The summed E-state index contributed by atoms with van der Waals surface area (Å²) in [6.45, 7) is 1.80. The molecule has 0 bridgehead atoms. The number of nitrogens with zero attached hydrogens (tertiary/aromatic N) is 2. The minimum atomic E-state index is -0.650. The fourth-order valence-electron chi connectivity index (χ4n) is 4.14. The van der Waals surface area contributed by atoms with Crippen molar-refractivity contribution in [1.82, 2.24) is 4.57 Å². The summed E-state index contributed by atoms with van der Waals surface area (Å²) in [4.78, 5) is 32.5. The van der Waals surface area contributed by atoms with Crippen LogP contribution in [0.25, 0.3) is 6.08 Å². The van der Waals surface area contributed by atoms with Crippen LogP contribution < -0.4 is 24.9 Å². The zero-order chi connectivity index (χ0) is 25.2. The fourth-order valence-corrected chi connectivity index (χ4v) is 5.32. The number of benzene rings is 3. The Balaban J connectivity index is 1.67. The molecule has 1 aliphatic heterocycles. The average Bonchev–Trinajstić information content (AvgIpc) is 3.19. The highest BCUT2D eigenvalue weighted by molar-refractivity contribution is 7.07. The second-order valence-electron chi connectivity index (χ2n) is 8.23. The SMILES string of the molecule is COc1ccc([C@H]2C(C(=O)Nc3ccccc3)=C(C)N=c3s/c(=C/c4ccc(Cl)cc4)c(=O)n32)cc1. The monoisotopic (exact) mass is 515 g/mol. The summed E-state index contributed by atoms with van der Waals surface area (Å²) in [5.41, 5.74) is 3.05. The van der Waals surface area contributed by atoms with E-state index in [0.717, 1.165) is 11.1 Å². The molecule has 1 atom stereocenters. The molecule has 0 fully saturated rings. The molecule has 5 rings (SSSR count). The van der Waals surface area contributed by atoms with Crippen LogP contribution in [-0.2, 0) is 4.79 Å². The fraction of sp³-hybridized carbons (Fsp3) is 0.107. The Hall–Kier alpha value is -3.94. The highest BCUT2D eigenvalue weighted by atomic mass is 35.5. The summed E-state index contributed by atoms with van der Waals surface area (Å²) in [5.74, 6) is 0.375. The molecule has 1 aromatic heterocycles. The number of nitrogens with one attached hydrogen (secondary N) is 1. The van der Waals surface area contributed by atoms with Gasteiger partial charge >= 0.3 is 0 Å². The number of thiazole rings is 1. The van der Waals surface area contributed by atoms with Gasteiger partial charge in [0.15, 0.2) is 4.80 Å². The van der Waals surface area contributed by atoms with Crippen LogP contribution in [0.2, 0.25) is 5.02 Å². The van der Waals surface area contributed by atoms with Gasteiger partial charge in [-0.3, -0.25) is 14.2 Å². The Bertz CT molecular complexity index is 1640. The van der Waals surface area contributed by atoms with Crippen LogP contribution in [-0.4, -0.2) is 17.6 Å². The number of carbonyl (C=O) groups excluding carboxylic acids is 1. The van der Waals surface area contributed by atoms with Crippen LogP contribution in [0.4, 0.5) is 5.69 Å². The number of hydrogen-bond acceptors (Lipinski definition) is 5. The Morgan fingerprint density at radius 1 is 1.06 bits per heavy atom. The van der Waals surface area contributed by atoms with Gasteiger partial charge in [-0.25, -0.2) is 4.99 Å². The molecular formula is C28H22ClN3O3S. The number of halogens is 1. The van der Waals surface area contributed by atoms with Gasteiger partial charge in [0.1, 0.15) is 5.75 Å². The van der Waals surface area contributed by atoms with Gasteiger partial charge in [-0.2, -0.15) is 0 Å². The summed E-state index contributed by atoms with van der Waals surface area (Å²) < 4.78 is 7.43. The van der Waals surface area contributed by atoms with Crippen molar-refractivity contribution in [1.29, 1.82) is 0 Å². The average molecular weight is 516 g/mol. The Kier molecular flexibility index (Phi) is 6.59. The van der Waals surface area contributed by atoms with E-state index in [4.69, 9.17) is 16.3 Å². The lowest BCUT2D eigenvalue weighted by molar-refractivity contribution is -0.113. The van der Waals surface area contributed by atoms with Crippen molar-refractivity contribution in [2.24, 2.45) is 4.99 Å². The number of carbonyl (C=O) groups is 1. The predicted octanol–water partition coefficient (Wildman–Crippen LogP) is 4.54. The van der Waals surface area contributed by atoms with E-state index in [9.17, 15) is 9.59 Å². The molecule has 1 N–H and O–H groups in total. The minimum absolute atomic E-state index is 0.216. The highest BCUT2D eigenvalue weighted by Gasteiger charge is 2.32. The van der Waals surface area contributed by atoms with E-state index >= 15 is 0 Å². The van der Waals surface area contributed by atoms with E-state index in [2.05, 4.69) is 10.3 Å². The molecule has 4 aromatic rings. The van der Waals surface area contributed by atoms with E-state index in [1.165, 1.54) is 11.3 Å². The molecule has 6 nitrogen and oxygen atoms in total. The molecule has 0 aliphatic carbocycles. The summed E-state index contributed by atoms with van der Waals surface area (Å²) in [6, 6.07) is 23.2. The molecule has 2 heterocycles. The van der Waals surface area contributed by atoms with Crippen LogP contribution in [0, 0.1) is 0 Å². The number of aromatic nitrogens is 1. The van der Waals surface area contributed by atoms with Crippen LogP contribution in [0.15, 0.2) is 99.9 Å². The van der Waals surface area contributed by atoms with Gasteiger partial charge in [-0.05, 0) is 60.5 Å². The Labute approximate surface area is 216 Å². The number of methoxy groups -OCH3 is 1. The number of ether oxygens (including phenoxy) is 1. The maximum atomic E-state index is 13.7. The summed E-state index contributed by atoms with van der Waals surface area (Å²) >= 11 is 7.31. The number of hydrogen-bond donors (Lipinski definition) is 1. The summed E-state index contributed by atoms with van der Waals surface area (Å²) in [6.07, 6.45) is 1.81. The number of allylic oxidation sites excluding steroid dienone is 1. The minimum Gasteiger partial charge on any atom is -0.497 e. The topological polar surface area (TPSA) is 72.7 Å². The molecule has 3 aromatic carbocycles. The first-order chi connectivity index (χ1) is 17.4. The second-order valence-corrected chi connectivity index (χ2v) is 9.67. The predicted molar refractivity (Wildman–Crippen MR) is 143 cm³/mol. The molecule has 36 heavy (non-hydrogen) atoms. The van der Waals surface area contributed by atoms with Crippen molar-refractivity contribution in [3.63, 3.8) is 0 Å². The third-order valence-electron chi connectivity index (χ3n) is 5.90. The van der Waals surface area contributed by atoms with Crippen molar-refractivity contribution in [3.8, 4) is 5.75 Å². The van der Waals surface area contributed by atoms with Gasteiger partial charge in [0.25, 0.3) is 11.5 Å². The van der Waals surface area contributed by atoms with Crippen molar-refractivity contribution in [2.75, 3.05) is 12.4 Å². The van der Waals surface area contributed by atoms with Crippen molar-refractivity contribution in [2.45, 2.75) is 13.0 Å². The molecule has 180 valence electrons. The molecule has 1 aliphatic rings. The first kappa shape index (κ1) is 23.8. The molecular weight excluding hydrogens is 494 g/mol. The van der Waals surface area contributed by atoms with Gasteiger partial charge in [0.2, 0.25) is 0 Å². The molecule has 1 amide bonds. The highest BCUT2D eigenvalue weighted by Crippen LogP contribution is 2.31. The quantitative estimate of drug-likeness (QED) is 0.424. The molecule has 0 radical (unpaired) electrons. The number of para-hydroxylation sites is 1. The second kappa shape index (κ2) is 9.97. The third kappa shape index (κ3) is 4.63. The van der Waals surface area contributed by atoms with Gasteiger partial charge in [0.05, 0.1) is 29.0 Å². The smallest absolute Gasteiger partial charge is 0.271 e. The first-order valence-electron chi connectivity index (χ1n) is 11.2. The van der Waals surface area contributed by atoms with Crippen LogP contribution in [0.3, 0.4) is 0 Å². The van der Waals surface area contributed by atoms with Crippen LogP contribution in [0.5, 0.6) is 5.75 Å². The lowest BCUT2D eigenvalue weighted by atomic mass is 9.95. The maximum Gasteiger partial charge on any atom is 0.271 e. The maximum absolute atomic E-state index is 13.7. The van der Waals surface area contributed by atoms with Crippen molar-refractivity contribution in [3.05, 3.63) is 126 Å². The third-order valence-corrected chi connectivity index (χ3v) is 7.13. The normalized spacial score (nSPS) is 15.3. The van der Waals surface area contributed by atoms with Gasteiger partial charge in [0, 0.05) is 10.7 Å². The van der Waals surface area contributed by atoms with E-state index in [0.29, 0.717) is 37.1 Å². The molecule has 0 saturated heterocycles. The van der Waals surface area contributed by atoms with Gasteiger partial charge in [-0.15, -0.1) is 0 Å². The van der Waals surface area contributed by atoms with Crippen LogP contribution >= 0.6 is 22.9 Å². The van der Waals surface area contributed by atoms with Crippen LogP contribution in [0.1, 0.15) is 24.1 Å². The lowest BCUT2D eigenvalue weighted by Gasteiger charge is -2.25. The molecule has 0 unspecified atom stereocenters. The van der Waals surface area contributed by atoms with Crippen molar-refractivity contribution >= 4 is 40.6 Å². The number of anilines is 1. The number of rotatable bonds is 5. The van der Waals surface area contributed by atoms with Gasteiger partial charge < -0.3 is 10.1 Å². The lowest BCUT2D eigenvalue weighted by Crippen LogP contribution is -2.40. The molecule has 8 heteroatoms. The van der Waals surface area contributed by atoms with E-state index in [1.54, 1.807) is 30.7 Å². The Morgan fingerprint density at radius 3 is 2.42 bits per heavy atom. The van der Waals surface area contributed by atoms with Crippen molar-refractivity contribution < 1.29 is 9.53 Å². The van der Waals surface area contributed by atoms with Gasteiger partial charge in [-0.1, -0.05) is 65.4 Å². The zero-order valence-electron chi connectivity index (χ0n) is 19.6. The van der Waals surface area contributed by atoms with E-state index in [-0.39, 0.29) is 11.5 Å². The summed E-state index contributed by atoms with van der Waals surface area (Å²) in [5, 5.41) is 3.58. The molecule has 0 saturated carbocycles. The molecule has 0 spiro atoms. The zero-order valence-corrected chi connectivity index (χ0v) is 21.1. The number of fused-ring (bicyclic) bond motifs is 1. The van der Waals surface area contributed by atoms with E-state index < -0.39 is 6.04 Å².